The van der Waals surface area contributed by atoms with Crippen LogP contribution in [0.5, 0.6) is 0 Å². The van der Waals surface area contributed by atoms with Gasteiger partial charge in [0.05, 0.1) is 6.20 Å². The predicted molar refractivity (Wildman–Crippen MR) is 93.1 cm³/mol. The lowest BCUT2D eigenvalue weighted by Crippen LogP contribution is -2.33. The molecular formula is C17H21N5O3S. The molecule has 2 aliphatic heterocycles. The summed E-state index contributed by atoms with van der Waals surface area (Å²) in [5, 5.41) is 3.51. The van der Waals surface area contributed by atoms with Crippen molar-refractivity contribution >= 4 is 15.8 Å². The van der Waals surface area contributed by atoms with Gasteiger partial charge in [0.25, 0.3) is 0 Å². The fourth-order valence-electron chi connectivity index (χ4n) is 4.27. The zero-order valence-corrected chi connectivity index (χ0v) is 15.2. The zero-order chi connectivity index (χ0) is 17.7. The molecular weight excluding hydrogens is 354 g/mol. The monoisotopic (exact) mass is 375 g/mol. The average Bonchev–Trinajstić information content (AvgIpc) is 3.29. The summed E-state index contributed by atoms with van der Waals surface area (Å²) in [5.41, 5.74) is 1.15. The third kappa shape index (κ3) is 2.61. The number of anilines is 1. The van der Waals surface area contributed by atoms with E-state index in [9.17, 15) is 8.42 Å². The topological polar surface area (TPSA) is 92.4 Å². The normalized spacial score (nSPS) is 26.8. The van der Waals surface area contributed by atoms with Crippen LogP contribution in [0.3, 0.4) is 0 Å². The summed E-state index contributed by atoms with van der Waals surface area (Å²) < 4.78 is 31.5. The van der Waals surface area contributed by atoms with Gasteiger partial charge >= 0.3 is 0 Å². The van der Waals surface area contributed by atoms with Gasteiger partial charge in [-0.2, -0.15) is 4.31 Å². The highest BCUT2D eigenvalue weighted by atomic mass is 32.2. The van der Waals surface area contributed by atoms with Gasteiger partial charge < -0.3 is 9.42 Å². The van der Waals surface area contributed by atoms with E-state index in [1.165, 1.54) is 31.7 Å². The van der Waals surface area contributed by atoms with Crippen LogP contribution >= 0.6 is 0 Å². The Morgan fingerprint density at radius 2 is 1.85 bits per heavy atom. The Morgan fingerprint density at radius 1 is 1.08 bits per heavy atom. The van der Waals surface area contributed by atoms with Crippen molar-refractivity contribution in [3.05, 3.63) is 30.5 Å². The van der Waals surface area contributed by atoms with Crippen molar-refractivity contribution in [2.45, 2.75) is 30.1 Å². The van der Waals surface area contributed by atoms with Crippen LogP contribution in [0.25, 0.3) is 0 Å². The number of aromatic nitrogens is 3. The molecule has 0 bridgehead atoms. The Bertz CT molecular complexity index is 883. The molecule has 2 unspecified atom stereocenters. The number of hydrogen-bond acceptors (Lipinski definition) is 7. The number of sulfonamides is 1. The van der Waals surface area contributed by atoms with Gasteiger partial charge in [0.1, 0.15) is 23.3 Å². The maximum atomic E-state index is 12.6. The molecule has 0 spiro atoms. The number of nitrogens with zero attached hydrogens (tertiary/aromatic N) is 5. The van der Waals surface area contributed by atoms with Crippen LogP contribution in [0.2, 0.25) is 0 Å². The number of rotatable bonds is 4. The summed E-state index contributed by atoms with van der Waals surface area (Å²) in [6.45, 7) is 2.74. The predicted octanol–water partition coefficient (Wildman–Crippen LogP) is 1.49. The summed E-state index contributed by atoms with van der Waals surface area (Å²) >= 11 is 0. The minimum Gasteiger partial charge on any atom is -0.363 e. The van der Waals surface area contributed by atoms with Crippen molar-refractivity contribution in [1.82, 2.24) is 19.4 Å². The van der Waals surface area contributed by atoms with Crippen molar-refractivity contribution in [1.29, 1.82) is 0 Å². The molecule has 2 aromatic heterocycles. The highest BCUT2D eigenvalue weighted by molar-refractivity contribution is 7.89. The smallest absolute Gasteiger partial charge is 0.247 e. The van der Waals surface area contributed by atoms with Gasteiger partial charge in [-0.1, -0.05) is 11.6 Å². The Balaban J connectivity index is 1.29. The van der Waals surface area contributed by atoms with E-state index < -0.39 is 10.0 Å². The molecule has 9 heteroatoms. The van der Waals surface area contributed by atoms with Gasteiger partial charge in [-0.05, 0) is 24.7 Å². The van der Waals surface area contributed by atoms with Crippen molar-refractivity contribution in [3.63, 3.8) is 0 Å². The first-order valence-electron chi connectivity index (χ1n) is 9.07. The van der Waals surface area contributed by atoms with E-state index in [-0.39, 0.29) is 4.90 Å². The van der Waals surface area contributed by atoms with E-state index >= 15 is 0 Å². The summed E-state index contributed by atoms with van der Waals surface area (Å²) in [6.07, 6.45) is 7.85. The summed E-state index contributed by atoms with van der Waals surface area (Å²) in [5.74, 6) is 2.21. The molecule has 4 heterocycles. The molecule has 1 saturated carbocycles. The van der Waals surface area contributed by atoms with Gasteiger partial charge in [0.15, 0.2) is 0 Å². The second kappa shape index (κ2) is 6.02. The van der Waals surface area contributed by atoms with E-state index in [4.69, 9.17) is 4.52 Å². The third-order valence-corrected chi connectivity index (χ3v) is 7.80. The molecule has 26 heavy (non-hydrogen) atoms. The van der Waals surface area contributed by atoms with Gasteiger partial charge in [-0.3, -0.25) is 0 Å². The summed E-state index contributed by atoms with van der Waals surface area (Å²) in [7, 11) is -3.50. The Morgan fingerprint density at radius 3 is 2.46 bits per heavy atom. The molecule has 0 aromatic carbocycles. The summed E-state index contributed by atoms with van der Waals surface area (Å²) in [4.78, 5) is 11.3. The van der Waals surface area contributed by atoms with E-state index in [1.54, 1.807) is 10.6 Å². The van der Waals surface area contributed by atoms with E-state index in [0.29, 0.717) is 30.8 Å². The molecule has 3 aliphatic rings. The molecule has 0 radical (unpaired) electrons. The zero-order valence-electron chi connectivity index (χ0n) is 14.4. The molecule has 0 N–H and O–H groups in total. The van der Waals surface area contributed by atoms with Crippen LogP contribution < -0.4 is 4.90 Å². The molecule has 3 fully saturated rings. The largest absolute Gasteiger partial charge is 0.363 e. The van der Waals surface area contributed by atoms with Gasteiger partial charge in [0.2, 0.25) is 10.0 Å². The first-order chi connectivity index (χ1) is 12.6. The molecule has 8 nitrogen and oxygen atoms in total. The van der Waals surface area contributed by atoms with Crippen molar-refractivity contribution in [2.24, 2.45) is 11.8 Å². The average molecular weight is 375 g/mol. The van der Waals surface area contributed by atoms with Crippen LogP contribution in [0, 0.1) is 11.8 Å². The van der Waals surface area contributed by atoms with Crippen molar-refractivity contribution in [3.8, 4) is 0 Å². The van der Waals surface area contributed by atoms with Gasteiger partial charge in [-0.15, -0.1) is 0 Å². The lowest BCUT2D eigenvalue weighted by molar-refractivity contribution is 0.410. The molecule has 2 aromatic rings. The maximum Gasteiger partial charge on any atom is 0.247 e. The second-order valence-corrected chi connectivity index (χ2v) is 9.47. The first-order valence-corrected chi connectivity index (χ1v) is 10.5. The van der Waals surface area contributed by atoms with E-state index in [0.717, 1.165) is 24.6 Å². The first kappa shape index (κ1) is 16.2. The minimum atomic E-state index is -3.50. The SMILES string of the molecule is O=S(=O)(c1cnoc1)N1CC2CN(c3cc(C4CCC4)ncn3)CC2C1. The highest BCUT2D eigenvalue weighted by Gasteiger charge is 2.45. The quantitative estimate of drug-likeness (QED) is 0.799. The van der Waals surface area contributed by atoms with E-state index in [2.05, 4.69) is 26.1 Å². The van der Waals surface area contributed by atoms with Crippen LogP contribution in [0.4, 0.5) is 5.82 Å². The van der Waals surface area contributed by atoms with Crippen molar-refractivity contribution < 1.29 is 12.9 Å². The minimum absolute atomic E-state index is 0.135. The molecule has 0 amide bonds. The number of fused-ring (bicyclic) bond motifs is 1. The maximum absolute atomic E-state index is 12.6. The fourth-order valence-corrected chi connectivity index (χ4v) is 5.68. The molecule has 138 valence electrons. The Kier molecular flexibility index (Phi) is 3.75. The van der Waals surface area contributed by atoms with Crippen LogP contribution in [-0.2, 0) is 10.0 Å². The van der Waals surface area contributed by atoms with E-state index in [1.807, 2.05) is 0 Å². The van der Waals surface area contributed by atoms with Crippen LogP contribution in [0.15, 0.2) is 34.3 Å². The van der Waals surface area contributed by atoms with Crippen LogP contribution in [-0.4, -0.2) is 54.0 Å². The third-order valence-electron chi connectivity index (χ3n) is 6.02. The Hall–Kier alpha value is -2.00. The second-order valence-electron chi connectivity index (χ2n) is 7.54. The van der Waals surface area contributed by atoms with Gasteiger partial charge in [0, 0.05) is 43.9 Å². The van der Waals surface area contributed by atoms with Crippen LogP contribution in [0.1, 0.15) is 30.9 Å². The van der Waals surface area contributed by atoms with Crippen molar-refractivity contribution in [2.75, 3.05) is 31.1 Å². The molecule has 1 aliphatic carbocycles. The molecule has 2 atom stereocenters. The summed E-state index contributed by atoms with van der Waals surface area (Å²) in [6, 6.07) is 2.12. The van der Waals surface area contributed by atoms with Gasteiger partial charge in [-0.25, -0.2) is 18.4 Å². The molecule has 2 saturated heterocycles. The molecule has 5 rings (SSSR count). The number of hydrogen-bond donors (Lipinski definition) is 0. The lowest BCUT2D eigenvalue weighted by atomic mass is 9.83. The Labute approximate surface area is 152 Å². The standard InChI is InChI=1S/C17H21N5O3S/c23-26(24,15-5-20-25-10-15)22-8-13-6-21(7-14(13)9-22)17-4-16(18-11-19-17)12-2-1-3-12/h4-5,10-14H,1-3,6-9H2. The lowest BCUT2D eigenvalue weighted by Gasteiger charge is -2.26. The fraction of sp³-hybridized carbons (Fsp3) is 0.588. The highest BCUT2D eigenvalue weighted by Crippen LogP contribution is 2.38.